The smallest absolute Gasteiger partial charge is 0.223 e. The fourth-order valence-electron chi connectivity index (χ4n) is 3.20. The zero-order chi connectivity index (χ0) is 22.9. The maximum absolute atomic E-state index is 13.1. The highest BCUT2D eigenvalue weighted by atomic mass is 32.2. The molecule has 0 spiro atoms. The van der Waals surface area contributed by atoms with Gasteiger partial charge in [0.05, 0.1) is 23.4 Å². The molecule has 0 unspecified atom stereocenters. The summed E-state index contributed by atoms with van der Waals surface area (Å²) >= 11 is 0. The molecule has 0 atom stereocenters. The molecule has 6 nitrogen and oxygen atoms in total. The van der Waals surface area contributed by atoms with Gasteiger partial charge in [-0.3, -0.25) is 5.01 Å². The van der Waals surface area contributed by atoms with Crippen LogP contribution in [-0.2, 0) is 21.7 Å². The summed E-state index contributed by atoms with van der Waals surface area (Å²) in [6.45, 7) is 11.8. The van der Waals surface area contributed by atoms with Crippen LogP contribution in [0.25, 0.3) is 0 Å². The van der Waals surface area contributed by atoms with E-state index in [1.54, 1.807) is 26.2 Å². The fraction of sp³-hybridized carbons (Fsp3) is 0.391. The van der Waals surface area contributed by atoms with Gasteiger partial charge in [-0.1, -0.05) is 39.8 Å². The highest BCUT2D eigenvalue weighted by Gasteiger charge is 2.25. The second-order valence-corrected chi connectivity index (χ2v) is 10.3. The van der Waals surface area contributed by atoms with E-state index in [-0.39, 0.29) is 21.0 Å². The highest BCUT2D eigenvalue weighted by molar-refractivity contribution is 7.95. The first kappa shape index (κ1) is 23.8. The lowest BCUT2D eigenvalue weighted by molar-refractivity contribution is 0.414. The predicted molar refractivity (Wildman–Crippen MR) is 123 cm³/mol. The molecule has 2 aromatic rings. The number of hydrogen-bond acceptors (Lipinski definition) is 6. The van der Waals surface area contributed by atoms with Crippen molar-refractivity contribution < 1.29 is 13.2 Å². The molecule has 0 amide bonds. The number of ether oxygens (including phenoxy) is 1. The number of hydrazine groups is 1. The third-order valence-electron chi connectivity index (χ3n) is 5.32. The Hall–Kier alpha value is -2.51. The summed E-state index contributed by atoms with van der Waals surface area (Å²) < 4.78 is 31.7. The number of nitrogens with two attached hydrogens (primary N) is 2. The number of aryl methyl sites for hydroxylation is 2. The Labute approximate surface area is 180 Å². The molecule has 164 valence electrons. The van der Waals surface area contributed by atoms with Crippen molar-refractivity contribution in [3.05, 3.63) is 63.8 Å². The van der Waals surface area contributed by atoms with Crippen molar-refractivity contribution in [1.82, 2.24) is 0 Å². The largest absolute Gasteiger partial charge is 0.495 e. The highest BCUT2D eigenvalue weighted by Crippen LogP contribution is 2.33. The summed E-state index contributed by atoms with van der Waals surface area (Å²) in [5.41, 5.74) is 10.0. The molecule has 2 aromatic carbocycles. The average Bonchev–Trinajstić information content (AvgIpc) is 2.71. The van der Waals surface area contributed by atoms with Gasteiger partial charge in [-0.15, -0.1) is 0 Å². The van der Waals surface area contributed by atoms with Crippen molar-refractivity contribution in [2.24, 2.45) is 11.6 Å². The standard InChI is InChI=1S/C23H33N3O3S/c1-8-17-14-21(29-7)20(13-15(17)2)26(25)16(3)22(24)30(27,28)19-11-9-18(10-12-19)23(4,5)6/h9-14H,8,24-25H2,1-7H3/b22-16+. The second-order valence-electron chi connectivity index (χ2n) is 8.40. The van der Waals surface area contributed by atoms with Gasteiger partial charge in [0, 0.05) is 0 Å². The summed E-state index contributed by atoms with van der Waals surface area (Å²) in [5.74, 6) is 6.84. The summed E-state index contributed by atoms with van der Waals surface area (Å²) in [7, 11) is -2.35. The SMILES string of the molecule is CCc1cc(OC)c(N(N)/C(C)=C(\N)S(=O)(=O)c2ccc(C(C)(C)C)cc2)cc1C. The van der Waals surface area contributed by atoms with Gasteiger partial charge in [0.15, 0.2) is 5.03 Å². The number of rotatable bonds is 6. The molecule has 0 bridgehead atoms. The normalized spacial score (nSPS) is 13.1. The Morgan fingerprint density at radius 1 is 1.13 bits per heavy atom. The molecule has 0 aromatic heterocycles. The van der Waals surface area contributed by atoms with Crippen LogP contribution in [0.5, 0.6) is 5.75 Å². The molecule has 7 heteroatoms. The zero-order valence-corrected chi connectivity index (χ0v) is 19.7. The predicted octanol–water partition coefficient (Wildman–Crippen LogP) is 4.17. The molecule has 2 rings (SSSR count). The van der Waals surface area contributed by atoms with Gasteiger partial charge in [-0.25, -0.2) is 14.3 Å². The van der Waals surface area contributed by atoms with Crippen LogP contribution in [0.2, 0.25) is 0 Å². The third-order valence-corrected chi connectivity index (χ3v) is 7.08. The Morgan fingerprint density at radius 2 is 1.70 bits per heavy atom. The van der Waals surface area contributed by atoms with E-state index >= 15 is 0 Å². The number of anilines is 1. The lowest BCUT2D eigenvalue weighted by Crippen LogP contribution is -2.33. The Kier molecular flexibility index (Phi) is 6.89. The van der Waals surface area contributed by atoms with Crippen LogP contribution in [-0.4, -0.2) is 15.5 Å². The van der Waals surface area contributed by atoms with E-state index in [1.807, 2.05) is 31.2 Å². The van der Waals surface area contributed by atoms with Crippen LogP contribution in [0.15, 0.2) is 52.0 Å². The van der Waals surface area contributed by atoms with Crippen molar-refractivity contribution >= 4 is 15.5 Å². The van der Waals surface area contributed by atoms with Gasteiger partial charge in [0.2, 0.25) is 9.84 Å². The van der Waals surface area contributed by atoms with Crippen molar-refractivity contribution in [3.63, 3.8) is 0 Å². The van der Waals surface area contributed by atoms with Gasteiger partial charge in [0.25, 0.3) is 0 Å². The third kappa shape index (κ3) is 4.63. The van der Waals surface area contributed by atoms with Gasteiger partial charge >= 0.3 is 0 Å². The maximum atomic E-state index is 13.1. The van der Waals surface area contributed by atoms with Gasteiger partial charge in [0.1, 0.15) is 5.75 Å². The quantitative estimate of drug-likeness (QED) is 0.526. The van der Waals surface area contributed by atoms with E-state index in [1.165, 1.54) is 5.01 Å². The van der Waals surface area contributed by atoms with E-state index < -0.39 is 9.84 Å². The van der Waals surface area contributed by atoms with E-state index in [9.17, 15) is 8.42 Å². The Balaban J connectivity index is 2.50. The van der Waals surface area contributed by atoms with E-state index in [2.05, 4.69) is 27.7 Å². The number of hydrogen-bond donors (Lipinski definition) is 2. The van der Waals surface area contributed by atoms with Crippen LogP contribution in [0.4, 0.5) is 5.69 Å². The van der Waals surface area contributed by atoms with Gasteiger partial charge in [-0.2, -0.15) is 0 Å². The Bertz CT molecular complexity index is 1050. The molecule has 0 saturated carbocycles. The van der Waals surface area contributed by atoms with Gasteiger partial charge in [-0.05, 0) is 66.6 Å². The minimum atomic E-state index is -3.90. The summed E-state index contributed by atoms with van der Waals surface area (Å²) in [6, 6.07) is 10.6. The van der Waals surface area contributed by atoms with Crippen molar-refractivity contribution in [1.29, 1.82) is 0 Å². The van der Waals surface area contributed by atoms with Crippen LogP contribution >= 0.6 is 0 Å². The molecule has 4 N–H and O–H groups in total. The molecule has 0 radical (unpaired) electrons. The zero-order valence-electron chi connectivity index (χ0n) is 18.9. The van der Waals surface area contributed by atoms with E-state index in [4.69, 9.17) is 16.3 Å². The monoisotopic (exact) mass is 431 g/mol. The summed E-state index contributed by atoms with van der Waals surface area (Å²) in [5, 5.41) is 0.967. The molecular weight excluding hydrogens is 398 g/mol. The van der Waals surface area contributed by atoms with Crippen LogP contribution in [0, 0.1) is 6.92 Å². The number of allylic oxidation sites excluding steroid dienone is 1. The molecule has 0 fully saturated rings. The van der Waals surface area contributed by atoms with Crippen molar-refractivity contribution in [3.8, 4) is 5.75 Å². The number of sulfone groups is 1. The first-order chi connectivity index (χ1) is 13.8. The lowest BCUT2D eigenvalue weighted by atomic mass is 9.87. The first-order valence-corrected chi connectivity index (χ1v) is 11.4. The molecule has 0 saturated heterocycles. The van der Waals surface area contributed by atoms with E-state index in [0.717, 1.165) is 23.1 Å². The molecule has 0 aliphatic rings. The molecule has 0 heterocycles. The van der Waals surface area contributed by atoms with Crippen molar-refractivity contribution in [2.45, 2.75) is 58.3 Å². The first-order valence-electron chi connectivity index (χ1n) is 9.88. The topological polar surface area (TPSA) is 98.7 Å². The van der Waals surface area contributed by atoms with Crippen LogP contribution in [0.1, 0.15) is 51.3 Å². The fourth-order valence-corrected chi connectivity index (χ4v) is 4.44. The lowest BCUT2D eigenvalue weighted by Gasteiger charge is -2.24. The average molecular weight is 432 g/mol. The summed E-state index contributed by atoms with van der Waals surface area (Å²) in [6.07, 6.45) is 0.850. The van der Waals surface area contributed by atoms with Crippen LogP contribution < -0.4 is 21.3 Å². The van der Waals surface area contributed by atoms with Crippen LogP contribution in [0.3, 0.4) is 0 Å². The van der Waals surface area contributed by atoms with Crippen molar-refractivity contribution in [2.75, 3.05) is 12.1 Å². The number of benzene rings is 2. The molecule has 0 aliphatic carbocycles. The molecule has 0 aliphatic heterocycles. The molecular formula is C23H33N3O3S. The summed E-state index contributed by atoms with van der Waals surface area (Å²) in [4.78, 5) is 0.130. The minimum Gasteiger partial charge on any atom is -0.495 e. The molecule has 30 heavy (non-hydrogen) atoms. The maximum Gasteiger partial charge on any atom is 0.223 e. The number of nitrogens with zero attached hydrogens (tertiary/aromatic N) is 1. The minimum absolute atomic E-state index is 0.0767. The van der Waals surface area contributed by atoms with Gasteiger partial charge < -0.3 is 10.5 Å². The Morgan fingerprint density at radius 3 is 2.17 bits per heavy atom. The van der Waals surface area contributed by atoms with E-state index in [0.29, 0.717) is 11.4 Å². The second kappa shape index (κ2) is 8.70. The number of methoxy groups -OCH3 is 1.